The van der Waals surface area contributed by atoms with E-state index in [-0.39, 0.29) is 5.91 Å². The molecule has 108 valence electrons. The maximum atomic E-state index is 12.2. The second-order valence-electron chi connectivity index (χ2n) is 4.87. The number of rotatable bonds is 3. The lowest BCUT2D eigenvalue weighted by molar-refractivity contribution is 0.102. The zero-order chi connectivity index (χ0) is 14.7. The second kappa shape index (κ2) is 6.54. The number of carbonyl (C=O) groups excluding carboxylic acids is 1. The van der Waals surface area contributed by atoms with Gasteiger partial charge in [0.2, 0.25) is 0 Å². The molecule has 1 aliphatic heterocycles. The third kappa shape index (κ3) is 3.60. The van der Waals surface area contributed by atoms with Gasteiger partial charge in [0.1, 0.15) is 5.82 Å². The third-order valence-electron chi connectivity index (χ3n) is 3.22. The van der Waals surface area contributed by atoms with Crippen LogP contribution in [0.25, 0.3) is 0 Å². The summed E-state index contributed by atoms with van der Waals surface area (Å²) in [4.78, 5) is 16.3. The lowest BCUT2D eigenvalue weighted by atomic mass is 10.1. The molecule has 0 unspecified atom stereocenters. The number of benzene rings is 1. The first kappa shape index (κ1) is 14.5. The smallest absolute Gasteiger partial charge is 0.256 e. The number of pyridine rings is 1. The molecule has 0 spiro atoms. The van der Waals surface area contributed by atoms with Gasteiger partial charge in [-0.15, -0.1) is 23.5 Å². The molecule has 1 amide bonds. The number of amides is 1. The lowest BCUT2D eigenvalue weighted by Gasteiger charge is -2.09. The van der Waals surface area contributed by atoms with Crippen LogP contribution in [-0.4, -0.2) is 22.4 Å². The van der Waals surface area contributed by atoms with Crippen molar-refractivity contribution < 1.29 is 4.79 Å². The largest absolute Gasteiger partial charge is 0.307 e. The number of nitrogens with one attached hydrogen (secondary N) is 1. The predicted molar refractivity (Wildman–Crippen MR) is 91.0 cm³/mol. The van der Waals surface area contributed by atoms with Crippen molar-refractivity contribution >= 4 is 35.2 Å². The van der Waals surface area contributed by atoms with Crippen molar-refractivity contribution in [3.8, 4) is 0 Å². The molecule has 1 aromatic heterocycles. The highest BCUT2D eigenvalue weighted by atomic mass is 32.2. The van der Waals surface area contributed by atoms with Gasteiger partial charge in [-0.2, -0.15) is 0 Å². The Morgan fingerprint density at radius 3 is 2.57 bits per heavy atom. The van der Waals surface area contributed by atoms with Gasteiger partial charge >= 0.3 is 0 Å². The van der Waals surface area contributed by atoms with E-state index in [2.05, 4.69) is 22.4 Å². The van der Waals surface area contributed by atoms with Gasteiger partial charge in [-0.25, -0.2) is 4.98 Å². The minimum absolute atomic E-state index is 0.119. The van der Waals surface area contributed by atoms with Crippen LogP contribution in [0.1, 0.15) is 26.1 Å². The van der Waals surface area contributed by atoms with Crippen molar-refractivity contribution in [3.05, 3.63) is 59.3 Å². The van der Waals surface area contributed by atoms with Gasteiger partial charge in [-0.1, -0.05) is 12.1 Å². The van der Waals surface area contributed by atoms with Crippen LogP contribution in [0.15, 0.2) is 42.6 Å². The van der Waals surface area contributed by atoms with E-state index in [0.29, 0.717) is 16.0 Å². The number of aryl methyl sites for hydroxylation is 1. The molecule has 0 aliphatic carbocycles. The summed E-state index contributed by atoms with van der Waals surface area (Å²) in [5, 5.41) is 2.83. The van der Waals surface area contributed by atoms with Crippen LogP contribution >= 0.6 is 23.5 Å². The molecule has 0 saturated carbocycles. The highest BCUT2D eigenvalue weighted by Gasteiger charge is 2.18. The normalized spacial score (nSPS) is 15.1. The number of anilines is 1. The van der Waals surface area contributed by atoms with Gasteiger partial charge in [0, 0.05) is 23.3 Å². The summed E-state index contributed by atoms with van der Waals surface area (Å²) in [5.41, 5.74) is 3.02. The molecule has 5 heteroatoms. The summed E-state index contributed by atoms with van der Waals surface area (Å²) in [6.45, 7) is 1.98. The van der Waals surface area contributed by atoms with Gasteiger partial charge in [0.25, 0.3) is 5.91 Å². The van der Waals surface area contributed by atoms with E-state index in [0.717, 1.165) is 5.56 Å². The maximum Gasteiger partial charge on any atom is 0.256 e. The number of carbonyl (C=O) groups is 1. The monoisotopic (exact) mass is 316 g/mol. The van der Waals surface area contributed by atoms with Crippen molar-refractivity contribution in [1.29, 1.82) is 0 Å². The quantitative estimate of drug-likeness (QED) is 0.925. The van der Waals surface area contributed by atoms with Gasteiger partial charge in [0.05, 0.1) is 4.58 Å². The molecule has 0 atom stereocenters. The van der Waals surface area contributed by atoms with E-state index in [1.165, 1.54) is 17.1 Å². The Morgan fingerprint density at radius 1 is 1.19 bits per heavy atom. The van der Waals surface area contributed by atoms with Crippen LogP contribution in [0.3, 0.4) is 0 Å². The number of hydrogen-bond acceptors (Lipinski definition) is 4. The van der Waals surface area contributed by atoms with E-state index in [1.807, 2.05) is 54.7 Å². The molecule has 1 N–H and O–H groups in total. The highest BCUT2D eigenvalue weighted by molar-refractivity contribution is 8.19. The molecule has 3 nitrogen and oxygen atoms in total. The lowest BCUT2D eigenvalue weighted by Crippen LogP contribution is -2.13. The van der Waals surface area contributed by atoms with E-state index in [4.69, 9.17) is 0 Å². The molecule has 1 aliphatic rings. The third-order valence-corrected chi connectivity index (χ3v) is 6.33. The molecule has 0 radical (unpaired) electrons. The van der Waals surface area contributed by atoms with Crippen LogP contribution in [-0.2, 0) is 0 Å². The summed E-state index contributed by atoms with van der Waals surface area (Å²) in [7, 11) is 0. The predicted octanol–water partition coefficient (Wildman–Crippen LogP) is 4.12. The van der Waals surface area contributed by atoms with Gasteiger partial charge in [-0.3, -0.25) is 4.79 Å². The standard InChI is InChI=1S/C16H16N2OS2/c1-11-6-7-17-14(10-11)18-15(19)12-2-4-13(5-3-12)16-20-8-9-21-16/h2-7,10,16H,8-9H2,1H3,(H,17,18,19). The molecule has 3 rings (SSSR count). The average molecular weight is 316 g/mol. The fourth-order valence-corrected chi connectivity index (χ4v) is 4.99. The maximum absolute atomic E-state index is 12.2. The summed E-state index contributed by atoms with van der Waals surface area (Å²) in [6.07, 6.45) is 1.70. The summed E-state index contributed by atoms with van der Waals surface area (Å²) in [5.74, 6) is 2.88. The molecular weight excluding hydrogens is 300 g/mol. The van der Waals surface area contributed by atoms with E-state index in [1.54, 1.807) is 6.20 Å². The molecule has 2 aromatic rings. The van der Waals surface area contributed by atoms with Gasteiger partial charge in [-0.05, 0) is 42.3 Å². The number of nitrogens with zero attached hydrogens (tertiary/aromatic N) is 1. The molecule has 1 aromatic carbocycles. The van der Waals surface area contributed by atoms with Crippen LogP contribution in [0.4, 0.5) is 5.82 Å². The molecule has 1 fully saturated rings. The molecule has 21 heavy (non-hydrogen) atoms. The van der Waals surface area contributed by atoms with Gasteiger partial charge < -0.3 is 5.32 Å². The van der Waals surface area contributed by atoms with Crippen molar-refractivity contribution in [2.75, 3.05) is 16.8 Å². The Labute approximate surface area is 132 Å². The topological polar surface area (TPSA) is 42.0 Å². The van der Waals surface area contributed by atoms with E-state index >= 15 is 0 Å². The average Bonchev–Trinajstić information content (AvgIpc) is 3.01. The van der Waals surface area contributed by atoms with Crippen molar-refractivity contribution in [2.45, 2.75) is 11.5 Å². The Hall–Kier alpha value is -1.46. The first-order valence-corrected chi connectivity index (χ1v) is 8.89. The Balaban J connectivity index is 1.70. The summed E-state index contributed by atoms with van der Waals surface area (Å²) in [6, 6.07) is 11.6. The van der Waals surface area contributed by atoms with Crippen molar-refractivity contribution in [3.63, 3.8) is 0 Å². The Bertz CT molecular complexity index is 637. The van der Waals surface area contributed by atoms with Crippen LogP contribution in [0.5, 0.6) is 0 Å². The SMILES string of the molecule is Cc1ccnc(NC(=O)c2ccc(C3SCCS3)cc2)c1. The molecule has 0 bridgehead atoms. The highest BCUT2D eigenvalue weighted by Crippen LogP contribution is 2.45. The first-order valence-electron chi connectivity index (χ1n) is 6.79. The molecule has 1 saturated heterocycles. The van der Waals surface area contributed by atoms with Crippen LogP contribution < -0.4 is 5.32 Å². The number of aromatic nitrogens is 1. The Morgan fingerprint density at radius 2 is 1.90 bits per heavy atom. The fourth-order valence-electron chi connectivity index (χ4n) is 2.14. The molecular formula is C16H16N2OS2. The zero-order valence-corrected chi connectivity index (χ0v) is 13.3. The van der Waals surface area contributed by atoms with Crippen molar-refractivity contribution in [2.24, 2.45) is 0 Å². The summed E-state index contributed by atoms with van der Waals surface area (Å²) >= 11 is 3.93. The minimum Gasteiger partial charge on any atom is -0.307 e. The Kier molecular flexibility index (Phi) is 4.51. The van der Waals surface area contributed by atoms with Crippen LogP contribution in [0.2, 0.25) is 0 Å². The van der Waals surface area contributed by atoms with Crippen LogP contribution in [0, 0.1) is 6.92 Å². The summed E-state index contributed by atoms with van der Waals surface area (Å²) < 4.78 is 0.514. The van der Waals surface area contributed by atoms with E-state index in [9.17, 15) is 4.79 Å². The minimum atomic E-state index is -0.119. The molecule has 2 heterocycles. The fraction of sp³-hybridized carbons (Fsp3) is 0.250. The number of hydrogen-bond donors (Lipinski definition) is 1. The zero-order valence-electron chi connectivity index (χ0n) is 11.7. The second-order valence-corrected chi connectivity index (χ2v) is 7.59. The van der Waals surface area contributed by atoms with Gasteiger partial charge in [0.15, 0.2) is 0 Å². The number of thioether (sulfide) groups is 2. The first-order chi connectivity index (χ1) is 10.2. The van der Waals surface area contributed by atoms with Crippen molar-refractivity contribution in [1.82, 2.24) is 4.98 Å². The van der Waals surface area contributed by atoms with E-state index < -0.39 is 0 Å².